The van der Waals surface area contributed by atoms with Gasteiger partial charge in [-0.05, 0) is 32.4 Å². The van der Waals surface area contributed by atoms with E-state index in [0.29, 0.717) is 6.42 Å². The molecule has 0 saturated heterocycles. The van der Waals surface area contributed by atoms with Gasteiger partial charge in [0.25, 0.3) is 0 Å². The number of rotatable bonds is 5. The molecule has 1 aromatic carbocycles. The SMILES string of the molecule is CCC(C)N(C)S(=O)(=O)c1cc(C(=O)O)cc(F)c1C. The average molecular weight is 303 g/mol. The van der Waals surface area contributed by atoms with Gasteiger partial charge in [-0.2, -0.15) is 4.31 Å². The van der Waals surface area contributed by atoms with Crippen LogP contribution in [0, 0.1) is 12.7 Å². The summed E-state index contributed by atoms with van der Waals surface area (Å²) in [6, 6.07) is 1.55. The molecule has 0 aliphatic heterocycles. The molecule has 0 aliphatic carbocycles. The highest BCUT2D eigenvalue weighted by atomic mass is 32.2. The zero-order valence-electron chi connectivity index (χ0n) is 11.8. The molecule has 5 nitrogen and oxygen atoms in total. The van der Waals surface area contributed by atoms with Crippen LogP contribution < -0.4 is 0 Å². The molecule has 0 spiro atoms. The topological polar surface area (TPSA) is 74.7 Å². The fourth-order valence-corrected chi connectivity index (χ4v) is 3.39. The lowest BCUT2D eigenvalue weighted by Crippen LogP contribution is -2.35. The van der Waals surface area contributed by atoms with Crippen molar-refractivity contribution in [3.05, 3.63) is 29.1 Å². The smallest absolute Gasteiger partial charge is 0.335 e. The van der Waals surface area contributed by atoms with E-state index in [1.165, 1.54) is 14.0 Å². The molecular weight excluding hydrogens is 285 g/mol. The van der Waals surface area contributed by atoms with Crippen LogP contribution in [-0.4, -0.2) is 36.9 Å². The fourth-order valence-electron chi connectivity index (χ4n) is 1.69. The van der Waals surface area contributed by atoms with E-state index < -0.39 is 21.8 Å². The van der Waals surface area contributed by atoms with Crippen LogP contribution in [0.5, 0.6) is 0 Å². The van der Waals surface area contributed by atoms with Gasteiger partial charge in [0.2, 0.25) is 10.0 Å². The Hall–Kier alpha value is -1.47. The van der Waals surface area contributed by atoms with E-state index in [1.807, 2.05) is 6.92 Å². The number of carboxylic acids is 1. The Kier molecular flexibility index (Phi) is 4.88. The van der Waals surface area contributed by atoms with Crippen molar-refractivity contribution in [2.75, 3.05) is 7.05 Å². The van der Waals surface area contributed by atoms with E-state index >= 15 is 0 Å². The maximum Gasteiger partial charge on any atom is 0.335 e. The van der Waals surface area contributed by atoms with Crippen molar-refractivity contribution < 1.29 is 22.7 Å². The van der Waals surface area contributed by atoms with E-state index in [1.54, 1.807) is 6.92 Å². The fraction of sp³-hybridized carbons (Fsp3) is 0.462. The summed E-state index contributed by atoms with van der Waals surface area (Å²) in [7, 11) is -2.53. The van der Waals surface area contributed by atoms with Gasteiger partial charge in [-0.3, -0.25) is 0 Å². The van der Waals surface area contributed by atoms with Gasteiger partial charge in [0.05, 0.1) is 10.5 Å². The Balaban J connectivity index is 3.49. The van der Waals surface area contributed by atoms with Crippen molar-refractivity contribution in [1.82, 2.24) is 4.31 Å². The molecule has 1 N–H and O–H groups in total. The second-order valence-corrected chi connectivity index (χ2v) is 6.63. The van der Waals surface area contributed by atoms with Crippen molar-refractivity contribution in [3.63, 3.8) is 0 Å². The molecule has 1 rings (SSSR count). The minimum absolute atomic E-state index is 0.0786. The minimum Gasteiger partial charge on any atom is -0.478 e. The first-order valence-corrected chi connectivity index (χ1v) is 7.58. The molecule has 7 heteroatoms. The summed E-state index contributed by atoms with van der Waals surface area (Å²) >= 11 is 0. The predicted octanol–water partition coefficient (Wildman–Crippen LogP) is 2.25. The summed E-state index contributed by atoms with van der Waals surface area (Å²) in [5.41, 5.74) is -0.464. The van der Waals surface area contributed by atoms with Crippen molar-refractivity contribution in [2.45, 2.75) is 38.1 Å². The van der Waals surface area contributed by atoms with Crippen LogP contribution in [0.3, 0.4) is 0 Å². The molecule has 0 heterocycles. The van der Waals surface area contributed by atoms with Gasteiger partial charge in [0, 0.05) is 18.7 Å². The molecule has 0 fully saturated rings. The molecule has 0 aromatic heterocycles. The standard InChI is InChI=1S/C13H18FNO4S/c1-5-8(2)15(4)20(18,19)12-7-10(13(16)17)6-11(14)9(12)3/h6-8H,5H2,1-4H3,(H,16,17). The van der Waals surface area contributed by atoms with Crippen LogP contribution in [0.15, 0.2) is 17.0 Å². The van der Waals surface area contributed by atoms with Crippen LogP contribution in [0.4, 0.5) is 4.39 Å². The maximum absolute atomic E-state index is 13.7. The molecule has 0 aliphatic rings. The van der Waals surface area contributed by atoms with Crippen molar-refractivity contribution >= 4 is 16.0 Å². The first-order chi connectivity index (χ1) is 9.12. The Labute approximate surface area is 118 Å². The Bertz CT molecular complexity index is 628. The van der Waals surface area contributed by atoms with Gasteiger partial charge in [0.15, 0.2) is 0 Å². The van der Waals surface area contributed by atoms with Gasteiger partial charge in [-0.15, -0.1) is 0 Å². The number of hydrogen-bond acceptors (Lipinski definition) is 3. The molecule has 20 heavy (non-hydrogen) atoms. The highest BCUT2D eigenvalue weighted by Gasteiger charge is 2.28. The highest BCUT2D eigenvalue weighted by molar-refractivity contribution is 7.89. The van der Waals surface area contributed by atoms with Gasteiger partial charge < -0.3 is 5.11 Å². The summed E-state index contributed by atoms with van der Waals surface area (Å²) in [6.07, 6.45) is 0.593. The normalized spacial score (nSPS) is 13.5. The maximum atomic E-state index is 13.7. The number of sulfonamides is 1. The largest absolute Gasteiger partial charge is 0.478 e. The van der Waals surface area contributed by atoms with Crippen LogP contribution in [0.2, 0.25) is 0 Å². The van der Waals surface area contributed by atoms with E-state index in [9.17, 15) is 17.6 Å². The van der Waals surface area contributed by atoms with Crippen LogP contribution in [0.1, 0.15) is 36.2 Å². The lowest BCUT2D eigenvalue weighted by Gasteiger charge is -2.24. The summed E-state index contributed by atoms with van der Waals surface area (Å²) in [6.45, 7) is 4.88. The third kappa shape index (κ3) is 2.99. The monoisotopic (exact) mass is 303 g/mol. The molecule has 1 aromatic rings. The quantitative estimate of drug-likeness (QED) is 0.905. The van der Waals surface area contributed by atoms with E-state index in [0.717, 1.165) is 16.4 Å². The molecule has 0 saturated carbocycles. The van der Waals surface area contributed by atoms with Gasteiger partial charge in [-0.25, -0.2) is 17.6 Å². The molecule has 0 radical (unpaired) electrons. The Morgan fingerprint density at radius 1 is 1.45 bits per heavy atom. The molecule has 0 bridgehead atoms. The zero-order valence-corrected chi connectivity index (χ0v) is 12.7. The average Bonchev–Trinajstić information content (AvgIpc) is 2.39. The second-order valence-electron chi connectivity index (χ2n) is 4.66. The summed E-state index contributed by atoms with van der Waals surface area (Å²) in [5.74, 6) is -2.22. The number of halogens is 1. The Morgan fingerprint density at radius 3 is 2.45 bits per heavy atom. The van der Waals surface area contributed by atoms with E-state index in [2.05, 4.69) is 0 Å². The van der Waals surface area contributed by atoms with E-state index in [-0.39, 0.29) is 22.1 Å². The molecule has 112 valence electrons. The molecule has 1 unspecified atom stereocenters. The minimum atomic E-state index is -3.93. The summed E-state index contributed by atoms with van der Waals surface area (Å²) in [4.78, 5) is 10.6. The third-order valence-corrected chi connectivity index (χ3v) is 5.51. The number of benzene rings is 1. The predicted molar refractivity (Wildman–Crippen MR) is 72.8 cm³/mol. The van der Waals surface area contributed by atoms with Crippen LogP contribution in [0.25, 0.3) is 0 Å². The number of aromatic carboxylic acids is 1. The van der Waals surface area contributed by atoms with E-state index in [4.69, 9.17) is 5.11 Å². The summed E-state index contributed by atoms with van der Waals surface area (Å²) < 4.78 is 39.7. The van der Waals surface area contributed by atoms with Crippen molar-refractivity contribution in [1.29, 1.82) is 0 Å². The highest BCUT2D eigenvalue weighted by Crippen LogP contribution is 2.25. The second kappa shape index (κ2) is 5.88. The molecular formula is C13H18FNO4S. The van der Waals surface area contributed by atoms with Gasteiger partial charge in [0.1, 0.15) is 5.82 Å². The number of hydrogen-bond donors (Lipinski definition) is 1. The Morgan fingerprint density at radius 2 is 2.00 bits per heavy atom. The van der Waals surface area contributed by atoms with Gasteiger partial charge in [-0.1, -0.05) is 6.92 Å². The lowest BCUT2D eigenvalue weighted by molar-refractivity contribution is 0.0696. The lowest BCUT2D eigenvalue weighted by atomic mass is 10.1. The molecule has 0 amide bonds. The number of carbonyl (C=O) groups is 1. The van der Waals surface area contributed by atoms with Gasteiger partial charge >= 0.3 is 5.97 Å². The number of carboxylic acid groups (broad SMARTS) is 1. The third-order valence-electron chi connectivity index (χ3n) is 3.41. The van der Waals surface area contributed by atoms with Crippen LogP contribution >= 0.6 is 0 Å². The van der Waals surface area contributed by atoms with Crippen molar-refractivity contribution in [2.24, 2.45) is 0 Å². The van der Waals surface area contributed by atoms with Crippen molar-refractivity contribution in [3.8, 4) is 0 Å². The molecule has 1 atom stereocenters. The first kappa shape index (κ1) is 16.6. The van der Waals surface area contributed by atoms with Crippen LogP contribution in [-0.2, 0) is 10.0 Å². The first-order valence-electron chi connectivity index (χ1n) is 6.14. The zero-order chi connectivity index (χ0) is 15.7. The number of nitrogens with zero attached hydrogens (tertiary/aromatic N) is 1. The summed E-state index contributed by atoms with van der Waals surface area (Å²) in [5, 5.41) is 8.91.